The highest BCUT2D eigenvalue weighted by Crippen LogP contribution is 2.26. The first-order valence-electron chi connectivity index (χ1n) is 7.86. The molecule has 2 aromatic heterocycles. The van der Waals surface area contributed by atoms with Crippen LogP contribution in [0.15, 0.2) is 60.9 Å². The molecule has 2 heterocycles. The van der Waals surface area contributed by atoms with E-state index in [0.29, 0.717) is 12.4 Å². The normalized spacial score (nSPS) is 10.9. The zero-order chi connectivity index (χ0) is 17.2. The molecule has 0 aliphatic carbocycles. The lowest BCUT2D eigenvalue weighted by molar-refractivity contribution is 1.11. The number of aromatic amines is 1. The second-order valence-electron chi connectivity index (χ2n) is 5.81. The van der Waals surface area contributed by atoms with E-state index in [0.717, 1.165) is 38.3 Å². The molecule has 124 valence electrons. The number of halogens is 1. The first-order valence-corrected chi connectivity index (χ1v) is 8.24. The minimum Gasteiger partial charge on any atom is -0.382 e. The van der Waals surface area contributed by atoms with Crippen LogP contribution in [0, 0.1) is 0 Å². The molecule has 2 aromatic carbocycles. The van der Waals surface area contributed by atoms with Gasteiger partial charge in [-0.2, -0.15) is 5.10 Å². The molecule has 25 heavy (non-hydrogen) atoms. The van der Waals surface area contributed by atoms with Crippen LogP contribution in [-0.2, 0) is 6.54 Å². The Hall–Kier alpha value is -3.05. The zero-order valence-corrected chi connectivity index (χ0v) is 14.1. The fraction of sp³-hybridized carbons (Fsp3) is 0.0526. The van der Waals surface area contributed by atoms with E-state index in [1.807, 2.05) is 54.9 Å². The fourth-order valence-corrected chi connectivity index (χ4v) is 2.85. The van der Waals surface area contributed by atoms with E-state index in [-0.39, 0.29) is 0 Å². The second kappa shape index (κ2) is 6.45. The van der Waals surface area contributed by atoms with Crippen molar-refractivity contribution < 1.29 is 0 Å². The lowest BCUT2D eigenvalue weighted by atomic mass is 10.0. The largest absolute Gasteiger partial charge is 0.382 e. The van der Waals surface area contributed by atoms with Crippen molar-refractivity contribution in [2.24, 2.45) is 0 Å². The third-order valence-electron chi connectivity index (χ3n) is 4.06. The summed E-state index contributed by atoms with van der Waals surface area (Å²) in [5.41, 5.74) is 11.0. The number of nitrogens with zero attached hydrogens (tertiary/aromatic N) is 2. The van der Waals surface area contributed by atoms with E-state index in [9.17, 15) is 0 Å². The minimum atomic E-state index is 0.505. The van der Waals surface area contributed by atoms with Crippen molar-refractivity contribution in [3.8, 4) is 11.1 Å². The standard InChI is InChI=1S/C19H16ClN5/c20-15-2-4-16(5-3-15)23-10-12-7-14(11-22-9-12)13-1-6-18-17(8-13)19(21)25-24-18/h1-9,11,23H,10H2,(H3,21,24,25). The van der Waals surface area contributed by atoms with Gasteiger partial charge in [-0.1, -0.05) is 17.7 Å². The molecule has 0 aliphatic rings. The summed E-state index contributed by atoms with van der Waals surface area (Å²) >= 11 is 5.91. The average Bonchev–Trinajstić information content (AvgIpc) is 3.02. The Kier molecular flexibility index (Phi) is 3.99. The summed E-state index contributed by atoms with van der Waals surface area (Å²) in [5.74, 6) is 0.505. The van der Waals surface area contributed by atoms with E-state index in [4.69, 9.17) is 17.3 Å². The number of nitrogens with two attached hydrogens (primary N) is 1. The number of rotatable bonds is 4. The van der Waals surface area contributed by atoms with Gasteiger partial charge < -0.3 is 11.1 Å². The molecule has 0 radical (unpaired) electrons. The van der Waals surface area contributed by atoms with Gasteiger partial charge in [0.1, 0.15) is 0 Å². The van der Waals surface area contributed by atoms with Crippen LogP contribution in [0.5, 0.6) is 0 Å². The van der Waals surface area contributed by atoms with Crippen LogP contribution in [0.4, 0.5) is 11.5 Å². The van der Waals surface area contributed by atoms with Gasteiger partial charge in [-0.25, -0.2) is 0 Å². The van der Waals surface area contributed by atoms with Crippen LogP contribution in [0.25, 0.3) is 22.0 Å². The van der Waals surface area contributed by atoms with Gasteiger partial charge in [-0.3, -0.25) is 10.1 Å². The molecular formula is C19H16ClN5. The molecule has 0 spiro atoms. The molecule has 5 nitrogen and oxygen atoms in total. The van der Waals surface area contributed by atoms with Gasteiger partial charge in [-0.15, -0.1) is 0 Å². The number of aromatic nitrogens is 3. The number of anilines is 2. The zero-order valence-electron chi connectivity index (χ0n) is 13.3. The van der Waals surface area contributed by atoms with Gasteiger partial charge in [0.2, 0.25) is 0 Å². The van der Waals surface area contributed by atoms with Crippen molar-refractivity contribution in [1.82, 2.24) is 15.2 Å². The Morgan fingerprint density at radius 1 is 1.00 bits per heavy atom. The number of H-pyrrole nitrogens is 1. The number of benzene rings is 2. The smallest absolute Gasteiger partial charge is 0.153 e. The molecule has 0 amide bonds. The molecule has 4 aromatic rings. The molecule has 0 atom stereocenters. The molecule has 0 unspecified atom stereocenters. The lowest BCUT2D eigenvalue weighted by Gasteiger charge is -2.08. The predicted octanol–water partition coefficient (Wildman–Crippen LogP) is 4.47. The van der Waals surface area contributed by atoms with Crippen molar-refractivity contribution in [3.05, 3.63) is 71.5 Å². The van der Waals surface area contributed by atoms with E-state index in [2.05, 4.69) is 26.6 Å². The number of nitrogens with one attached hydrogen (secondary N) is 2. The van der Waals surface area contributed by atoms with Crippen molar-refractivity contribution in [3.63, 3.8) is 0 Å². The van der Waals surface area contributed by atoms with Crippen LogP contribution < -0.4 is 11.1 Å². The third kappa shape index (κ3) is 3.27. The fourth-order valence-electron chi connectivity index (χ4n) is 2.73. The summed E-state index contributed by atoms with van der Waals surface area (Å²) in [5, 5.41) is 12.0. The van der Waals surface area contributed by atoms with E-state index in [1.54, 1.807) is 0 Å². The lowest BCUT2D eigenvalue weighted by Crippen LogP contribution is -2.00. The molecule has 4 rings (SSSR count). The second-order valence-corrected chi connectivity index (χ2v) is 6.25. The summed E-state index contributed by atoms with van der Waals surface area (Å²) in [6.45, 7) is 0.679. The molecule has 0 fully saturated rings. The van der Waals surface area contributed by atoms with Gasteiger partial charge in [0.15, 0.2) is 5.82 Å². The first kappa shape index (κ1) is 15.5. The predicted molar refractivity (Wildman–Crippen MR) is 103 cm³/mol. The topological polar surface area (TPSA) is 79.6 Å². The summed E-state index contributed by atoms with van der Waals surface area (Å²) in [6, 6.07) is 15.8. The third-order valence-corrected chi connectivity index (χ3v) is 4.31. The van der Waals surface area contributed by atoms with Crippen LogP contribution in [0.2, 0.25) is 5.02 Å². The molecular weight excluding hydrogens is 334 g/mol. The van der Waals surface area contributed by atoms with Crippen LogP contribution >= 0.6 is 11.6 Å². The maximum Gasteiger partial charge on any atom is 0.153 e. The van der Waals surface area contributed by atoms with E-state index in [1.165, 1.54) is 0 Å². The molecule has 4 N–H and O–H groups in total. The Balaban J connectivity index is 1.57. The summed E-state index contributed by atoms with van der Waals surface area (Å²) in [7, 11) is 0. The minimum absolute atomic E-state index is 0.505. The molecule has 0 saturated carbocycles. The van der Waals surface area contributed by atoms with Gasteiger partial charge in [0.05, 0.1) is 5.52 Å². The highest BCUT2D eigenvalue weighted by atomic mass is 35.5. The van der Waals surface area contributed by atoms with Crippen molar-refractivity contribution in [2.75, 3.05) is 11.1 Å². The highest BCUT2D eigenvalue weighted by Gasteiger charge is 2.06. The summed E-state index contributed by atoms with van der Waals surface area (Å²) < 4.78 is 0. The van der Waals surface area contributed by atoms with E-state index < -0.39 is 0 Å². The molecule has 0 bridgehead atoms. The molecule has 6 heteroatoms. The Bertz CT molecular complexity index is 1020. The monoisotopic (exact) mass is 349 g/mol. The van der Waals surface area contributed by atoms with Gasteiger partial charge in [-0.05, 0) is 53.6 Å². The quantitative estimate of drug-likeness (QED) is 0.507. The molecule has 0 saturated heterocycles. The Labute approximate surface area is 149 Å². The number of nitrogen functional groups attached to an aromatic ring is 1. The SMILES string of the molecule is Nc1n[nH]c2ccc(-c3cncc(CNc4ccc(Cl)cc4)c3)cc12. The van der Waals surface area contributed by atoms with Crippen LogP contribution in [0.3, 0.4) is 0 Å². The summed E-state index contributed by atoms with van der Waals surface area (Å²) in [6.07, 6.45) is 3.71. The maximum atomic E-state index is 5.91. The number of hydrogen-bond acceptors (Lipinski definition) is 4. The van der Waals surface area contributed by atoms with E-state index >= 15 is 0 Å². The van der Waals surface area contributed by atoms with Crippen molar-refractivity contribution in [1.29, 1.82) is 0 Å². The van der Waals surface area contributed by atoms with Crippen LogP contribution in [0.1, 0.15) is 5.56 Å². The van der Waals surface area contributed by atoms with Crippen molar-refractivity contribution >= 4 is 34.0 Å². The Morgan fingerprint density at radius 3 is 2.68 bits per heavy atom. The number of fused-ring (bicyclic) bond motifs is 1. The summed E-state index contributed by atoms with van der Waals surface area (Å²) in [4.78, 5) is 4.36. The van der Waals surface area contributed by atoms with Gasteiger partial charge in [0.25, 0.3) is 0 Å². The number of pyridine rings is 1. The van der Waals surface area contributed by atoms with Gasteiger partial charge >= 0.3 is 0 Å². The maximum absolute atomic E-state index is 5.91. The van der Waals surface area contributed by atoms with Crippen molar-refractivity contribution in [2.45, 2.75) is 6.54 Å². The Morgan fingerprint density at radius 2 is 1.84 bits per heavy atom. The number of hydrogen-bond donors (Lipinski definition) is 3. The first-order chi connectivity index (χ1) is 12.2. The average molecular weight is 350 g/mol. The molecule has 0 aliphatic heterocycles. The van der Waals surface area contributed by atoms with Gasteiger partial charge in [0, 0.05) is 40.6 Å². The van der Waals surface area contributed by atoms with Crippen LogP contribution in [-0.4, -0.2) is 15.2 Å². The highest BCUT2D eigenvalue weighted by molar-refractivity contribution is 6.30.